The monoisotopic (exact) mass is 409 g/mol. The van der Waals surface area contributed by atoms with Gasteiger partial charge in [-0.1, -0.05) is 17.3 Å². The molecule has 2 aromatic carbocycles. The van der Waals surface area contributed by atoms with Crippen LogP contribution in [0.25, 0.3) is 16.6 Å². The summed E-state index contributed by atoms with van der Waals surface area (Å²) < 4.78 is 26.1. The second-order valence-electron chi connectivity index (χ2n) is 6.88. The Hall–Kier alpha value is -3.72. The predicted octanol–water partition coefficient (Wildman–Crippen LogP) is 3.35. The topological polar surface area (TPSA) is 85.4 Å². The summed E-state index contributed by atoms with van der Waals surface area (Å²) in [5.41, 5.74) is 1.31. The van der Waals surface area contributed by atoms with E-state index in [4.69, 9.17) is 9.26 Å². The zero-order valence-corrected chi connectivity index (χ0v) is 16.5. The van der Waals surface area contributed by atoms with Crippen molar-refractivity contribution >= 4 is 22.6 Å². The minimum Gasteiger partial charge on any atom is -0.491 e. The number of likely N-dealkylation sites (N-methyl/N-ethyl adjacent to an activating group) is 1. The molecule has 0 spiro atoms. The number of hydrogen-bond donors (Lipinski definition) is 1. The van der Waals surface area contributed by atoms with Crippen LogP contribution in [0.3, 0.4) is 0 Å². The molecule has 0 aliphatic heterocycles. The lowest BCUT2D eigenvalue weighted by atomic mass is 10.2. The third-order valence-electron chi connectivity index (χ3n) is 4.42. The quantitative estimate of drug-likeness (QED) is 0.504. The Bertz CT molecular complexity index is 1170. The van der Waals surface area contributed by atoms with Crippen molar-refractivity contribution in [1.29, 1.82) is 0 Å². The van der Waals surface area contributed by atoms with Crippen LogP contribution in [-0.2, 0) is 0 Å². The summed E-state index contributed by atoms with van der Waals surface area (Å²) >= 11 is 0. The molecule has 0 unspecified atom stereocenters. The van der Waals surface area contributed by atoms with E-state index >= 15 is 0 Å². The van der Waals surface area contributed by atoms with Crippen molar-refractivity contribution in [3.05, 3.63) is 66.3 Å². The van der Waals surface area contributed by atoms with Gasteiger partial charge in [0.15, 0.2) is 11.5 Å². The van der Waals surface area contributed by atoms with Gasteiger partial charge in [0.05, 0.1) is 16.6 Å². The highest BCUT2D eigenvalue weighted by molar-refractivity contribution is 6.08. The molecular weight excluding hydrogens is 389 g/mol. The van der Waals surface area contributed by atoms with Crippen molar-refractivity contribution in [1.82, 2.24) is 19.8 Å². The van der Waals surface area contributed by atoms with E-state index in [2.05, 4.69) is 15.6 Å². The maximum Gasteiger partial charge on any atom is 0.279 e. The van der Waals surface area contributed by atoms with E-state index in [0.29, 0.717) is 28.9 Å². The zero-order chi connectivity index (χ0) is 21.1. The van der Waals surface area contributed by atoms with Crippen LogP contribution in [0.15, 0.2) is 59.3 Å². The number of carbonyl (C=O) groups excluding carboxylic acids is 1. The van der Waals surface area contributed by atoms with Crippen molar-refractivity contribution in [3.8, 4) is 11.4 Å². The fraction of sp³-hybridized carbons (Fsp3) is 0.190. The van der Waals surface area contributed by atoms with Gasteiger partial charge in [0.1, 0.15) is 24.4 Å². The van der Waals surface area contributed by atoms with E-state index in [-0.39, 0.29) is 17.3 Å². The second kappa shape index (κ2) is 8.34. The van der Waals surface area contributed by atoms with Crippen LogP contribution in [0.4, 0.5) is 10.2 Å². The van der Waals surface area contributed by atoms with Gasteiger partial charge < -0.3 is 19.5 Å². The maximum absolute atomic E-state index is 13.8. The average Bonchev–Trinajstić information content (AvgIpc) is 3.37. The molecule has 30 heavy (non-hydrogen) atoms. The largest absolute Gasteiger partial charge is 0.491 e. The van der Waals surface area contributed by atoms with E-state index in [1.54, 1.807) is 22.9 Å². The number of halogens is 1. The van der Waals surface area contributed by atoms with Gasteiger partial charge in [-0.3, -0.25) is 4.79 Å². The molecular formula is C21H20FN5O3. The second-order valence-corrected chi connectivity index (χ2v) is 6.88. The molecule has 2 aromatic heterocycles. The SMILES string of the molecule is CN(C)CCOc1cccc2c1c(NC(=O)c1ccon1)nn2-c1cccc(F)c1. The van der Waals surface area contributed by atoms with E-state index in [9.17, 15) is 9.18 Å². The summed E-state index contributed by atoms with van der Waals surface area (Å²) in [6.07, 6.45) is 1.31. The highest BCUT2D eigenvalue weighted by Gasteiger charge is 2.20. The molecule has 0 fully saturated rings. The minimum absolute atomic E-state index is 0.120. The Kier molecular flexibility index (Phi) is 5.44. The number of nitrogens with zero attached hydrogens (tertiary/aromatic N) is 4. The Morgan fingerprint density at radius 2 is 2.07 bits per heavy atom. The molecule has 4 aromatic rings. The fourth-order valence-electron chi connectivity index (χ4n) is 2.99. The number of rotatable bonds is 7. The summed E-state index contributed by atoms with van der Waals surface area (Å²) in [6, 6.07) is 13.0. The normalized spacial score (nSPS) is 11.2. The lowest BCUT2D eigenvalue weighted by Crippen LogP contribution is -2.19. The van der Waals surface area contributed by atoms with Crippen LogP contribution in [0, 0.1) is 5.82 Å². The number of nitrogens with one attached hydrogen (secondary N) is 1. The Morgan fingerprint density at radius 3 is 2.80 bits per heavy atom. The molecule has 9 heteroatoms. The van der Waals surface area contributed by atoms with Crippen LogP contribution in [0.1, 0.15) is 10.5 Å². The minimum atomic E-state index is -0.474. The number of hydrogen-bond acceptors (Lipinski definition) is 6. The standard InChI is InChI=1S/C21H20FN5O3/c1-26(2)10-12-29-18-8-4-7-17-19(18)20(23-21(28)16-9-11-30-25-16)24-27(17)15-6-3-5-14(22)13-15/h3-9,11,13H,10,12H2,1-2H3,(H,23,24,28). The highest BCUT2D eigenvalue weighted by atomic mass is 19.1. The first-order valence-electron chi connectivity index (χ1n) is 9.30. The number of ether oxygens (including phenoxy) is 1. The summed E-state index contributed by atoms with van der Waals surface area (Å²) in [7, 11) is 3.91. The molecule has 0 atom stereocenters. The summed E-state index contributed by atoms with van der Waals surface area (Å²) in [5, 5.41) is 11.5. The van der Waals surface area contributed by atoms with Crippen molar-refractivity contribution in [3.63, 3.8) is 0 Å². The van der Waals surface area contributed by atoms with E-state index < -0.39 is 5.91 Å². The number of aromatic nitrogens is 3. The zero-order valence-electron chi connectivity index (χ0n) is 16.5. The third-order valence-corrected chi connectivity index (χ3v) is 4.42. The molecule has 2 heterocycles. The smallest absolute Gasteiger partial charge is 0.279 e. The molecule has 0 aliphatic carbocycles. The van der Waals surface area contributed by atoms with Gasteiger partial charge in [-0.05, 0) is 44.4 Å². The lowest BCUT2D eigenvalue weighted by molar-refractivity contribution is 0.101. The van der Waals surface area contributed by atoms with E-state index in [1.165, 1.54) is 24.5 Å². The third kappa shape index (κ3) is 4.01. The molecule has 1 amide bonds. The van der Waals surface area contributed by atoms with E-state index in [1.807, 2.05) is 31.1 Å². The van der Waals surface area contributed by atoms with E-state index in [0.717, 1.165) is 6.54 Å². The molecule has 8 nitrogen and oxygen atoms in total. The Balaban J connectivity index is 1.80. The number of fused-ring (bicyclic) bond motifs is 1. The van der Waals surface area contributed by atoms with Gasteiger partial charge in [-0.2, -0.15) is 0 Å². The molecule has 0 bridgehead atoms. The van der Waals surface area contributed by atoms with Crippen molar-refractivity contribution in [2.24, 2.45) is 0 Å². The Morgan fingerprint density at radius 1 is 1.23 bits per heavy atom. The van der Waals surface area contributed by atoms with Gasteiger partial charge >= 0.3 is 0 Å². The summed E-state index contributed by atoms with van der Waals surface area (Å²) in [5.74, 6) is -0.0180. The molecule has 0 saturated heterocycles. The number of anilines is 1. The first-order chi connectivity index (χ1) is 14.5. The van der Waals surface area contributed by atoms with Crippen molar-refractivity contribution in [2.45, 2.75) is 0 Å². The van der Waals surface area contributed by atoms with Gasteiger partial charge in [0, 0.05) is 12.6 Å². The predicted molar refractivity (Wildman–Crippen MR) is 110 cm³/mol. The molecule has 0 radical (unpaired) electrons. The summed E-state index contributed by atoms with van der Waals surface area (Å²) in [4.78, 5) is 14.5. The molecule has 1 N–H and O–H groups in total. The van der Waals surface area contributed by atoms with Crippen LogP contribution in [0.5, 0.6) is 5.75 Å². The molecule has 0 saturated carbocycles. The van der Waals surface area contributed by atoms with Crippen molar-refractivity contribution in [2.75, 3.05) is 32.6 Å². The number of amides is 1. The first kappa shape index (κ1) is 19.6. The summed E-state index contributed by atoms with van der Waals surface area (Å²) in [6.45, 7) is 1.17. The number of benzene rings is 2. The van der Waals surface area contributed by atoms with Crippen LogP contribution < -0.4 is 10.1 Å². The number of carbonyl (C=O) groups is 1. The van der Waals surface area contributed by atoms with Crippen LogP contribution >= 0.6 is 0 Å². The molecule has 4 rings (SSSR count). The van der Waals surface area contributed by atoms with Gasteiger partial charge in [-0.15, -0.1) is 5.10 Å². The highest BCUT2D eigenvalue weighted by Crippen LogP contribution is 2.34. The van der Waals surface area contributed by atoms with Gasteiger partial charge in [0.25, 0.3) is 5.91 Å². The molecule has 154 valence electrons. The fourth-order valence-corrected chi connectivity index (χ4v) is 2.99. The average molecular weight is 409 g/mol. The van der Waals surface area contributed by atoms with Gasteiger partial charge in [0.2, 0.25) is 0 Å². The first-order valence-corrected chi connectivity index (χ1v) is 9.30. The lowest BCUT2D eigenvalue weighted by Gasteiger charge is -2.12. The van der Waals surface area contributed by atoms with Gasteiger partial charge in [-0.25, -0.2) is 9.07 Å². The van der Waals surface area contributed by atoms with Crippen LogP contribution in [0.2, 0.25) is 0 Å². The molecule has 0 aliphatic rings. The van der Waals surface area contributed by atoms with Crippen molar-refractivity contribution < 1.29 is 18.4 Å². The van der Waals surface area contributed by atoms with Crippen LogP contribution in [-0.4, -0.2) is 53.0 Å². The maximum atomic E-state index is 13.8. The Labute approximate surface area is 171 Å².